The molecule has 0 saturated carbocycles. The van der Waals surface area contributed by atoms with Gasteiger partial charge in [0.15, 0.2) is 0 Å². The summed E-state index contributed by atoms with van der Waals surface area (Å²) < 4.78 is 27.7. The molecule has 2 aromatic carbocycles. The number of halogens is 2. The van der Waals surface area contributed by atoms with Crippen molar-refractivity contribution in [2.75, 3.05) is 11.9 Å². The van der Waals surface area contributed by atoms with Crippen LogP contribution in [0.1, 0.15) is 54.6 Å². The number of nitrogens with zero attached hydrogens (tertiary/aromatic N) is 2. The van der Waals surface area contributed by atoms with E-state index in [1.54, 1.807) is 6.07 Å². The number of benzene rings is 2. The Kier molecular flexibility index (Phi) is 5.00. The van der Waals surface area contributed by atoms with Crippen LogP contribution in [0.15, 0.2) is 41.5 Å². The second kappa shape index (κ2) is 7.10. The van der Waals surface area contributed by atoms with Gasteiger partial charge in [-0.1, -0.05) is 13.0 Å². The summed E-state index contributed by atoms with van der Waals surface area (Å²) in [7, 11) is 1.97. The van der Waals surface area contributed by atoms with Gasteiger partial charge in [0.05, 0.1) is 6.21 Å². The van der Waals surface area contributed by atoms with Crippen LogP contribution < -0.4 is 10.3 Å². The normalized spacial score (nSPS) is 18.4. The predicted octanol–water partition coefficient (Wildman–Crippen LogP) is 4.45. The number of hydrogen-bond acceptors (Lipinski definition) is 3. The molecule has 0 aromatic heterocycles. The van der Waals surface area contributed by atoms with Crippen molar-refractivity contribution in [3.05, 3.63) is 64.7 Å². The average Bonchev–Trinajstić information content (AvgIpc) is 2.60. The Hall–Kier alpha value is -2.76. The molecule has 1 amide bonds. The molecule has 0 saturated heterocycles. The number of fused-ring (bicyclic) bond motifs is 1. The van der Waals surface area contributed by atoms with Gasteiger partial charge < -0.3 is 4.90 Å². The average molecular weight is 371 g/mol. The lowest BCUT2D eigenvalue weighted by Gasteiger charge is -2.45. The van der Waals surface area contributed by atoms with E-state index in [-0.39, 0.29) is 17.0 Å². The smallest absolute Gasteiger partial charge is 0.271 e. The van der Waals surface area contributed by atoms with Crippen molar-refractivity contribution >= 4 is 17.8 Å². The predicted molar refractivity (Wildman–Crippen MR) is 103 cm³/mol. The third-order valence-electron chi connectivity index (χ3n) is 5.21. The Morgan fingerprint density at radius 1 is 1.30 bits per heavy atom. The number of amides is 1. The standard InChI is InChI=1S/C21H23F2N3O/c1-13-11-21(2,3)26(4)19-10-18(23)15(9-17(13)19)12-24-25-20(27)14-6-5-7-16(22)8-14/h5-10,12-13H,11H2,1-4H3,(H,25,27)/b24-12-. The fourth-order valence-electron chi connectivity index (χ4n) is 3.56. The van der Waals surface area contributed by atoms with Gasteiger partial charge in [0, 0.05) is 29.4 Å². The molecule has 0 aliphatic carbocycles. The van der Waals surface area contributed by atoms with Gasteiger partial charge in [0.2, 0.25) is 0 Å². The van der Waals surface area contributed by atoms with Crippen molar-refractivity contribution in [3.63, 3.8) is 0 Å². The highest BCUT2D eigenvalue weighted by molar-refractivity contribution is 5.95. The molecule has 1 aliphatic rings. The summed E-state index contributed by atoms with van der Waals surface area (Å²) in [6, 6.07) is 8.58. The molecule has 0 spiro atoms. The van der Waals surface area contributed by atoms with Crippen molar-refractivity contribution in [2.45, 2.75) is 38.6 Å². The second-order valence-corrected chi connectivity index (χ2v) is 7.62. The van der Waals surface area contributed by atoms with Gasteiger partial charge in [0.1, 0.15) is 11.6 Å². The lowest BCUT2D eigenvalue weighted by molar-refractivity contribution is 0.0954. The molecule has 6 heteroatoms. The molecule has 142 valence electrons. The highest BCUT2D eigenvalue weighted by atomic mass is 19.1. The molecule has 0 fully saturated rings. The van der Waals surface area contributed by atoms with Gasteiger partial charge >= 0.3 is 0 Å². The summed E-state index contributed by atoms with van der Waals surface area (Å²) in [5.74, 6) is -1.19. The van der Waals surface area contributed by atoms with Gasteiger partial charge in [-0.2, -0.15) is 5.10 Å². The molecular formula is C21H23F2N3O. The van der Waals surface area contributed by atoms with E-state index in [1.165, 1.54) is 30.5 Å². The van der Waals surface area contributed by atoms with Crippen LogP contribution in [-0.4, -0.2) is 24.7 Å². The third kappa shape index (κ3) is 3.84. The highest BCUT2D eigenvalue weighted by Gasteiger charge is 2.34. The van der Waals surface area contributed by atoms with Crippen molar-refractivity contribution in [2.24, 2.45) is 5.10 Å². The number of anilines is 1. The van der Waals surface area contributed by atoms with E-state index in [4.69, 9.17) is 0 Å². The minimum absolute atomic E-state index is 0.0482. The van der Waals surface area contributed by atoms with Crippen LogP contribution in [0.25, 0.3) is 0 Å². The largest absolute Gasteiger partial charge is 0.369 e. The topological polar surface area (TPSA) is 44.7 Å². The number of hydrogen-bond donors (Lipinski definition) is 1. The van der Waals surface area contributed by atoms with E-state index in [2.05, 4.69) is 36.2 Å². The maximum atomic E-state index is 14.5. The van der Waals surface area contributed by atoms with Crippen LogP contribution in [0.4, 0.5) is 14.5 Å². The van der Waals surface area contributed by atoms with Crippen LogP contribution in [0.3, 0.4) is 0 Å². The minimum atomic E-state index is -0.557. The van der Waals surface area contributed by atoms with Crippen LogP contribution in [0, 0.1) is 11.6 Å². The van der Waals surface area contributed by atoms with Gasteiger partial charge in [-0.25, -0.2) is 14.2 Å². The molecule has 0 bridgehead atoms. The third-order valence-corrected chi connectivity index (χ3v) is 5.21. The van der Waals surface area contributed by atoms with Crippen molar-refractivity contribution in [1.82, 2.24) is 5.43 Å². The number of carbonyl (C=O) groups excluding carboxylic acids is 1. The van der Waals surface area contributed by atoms with Crippen molar-refractivity contribution in [1.29, 1.82) is 0 Å². The van der Waals surface area contributed by atoms with Crippen LogP contribution in [0.2, 0.25) is 0 Å². The molecule has 27 heavy (non-hydrogen) atoms. The van der Waals surface area contributed by atoms with Crippen LogP contribution in [0.5, 0.6) is 0 Å². The summed E-state index contributed by atoms with van der Waals surface area (Å²) in [6.07, 6.45) is 2.23. The lowest BCUT2D eigenvalue weighted by Crippen LogP contribution is -2.45. The molecule has 1 aliphatic heterocycles. The fourth-order valence-corrected chi connectivity index (χ4v) is 3.56. The van der Waals surface area contributed by atoms with Gasteiger partial charge in [0.25, 0.3) is 5.91 Å². The summed E-state index contributed by atoms with van der Waals surface area (Å²) in [5.41, 5.74) is 4.63. The molecule has 1 unspecified atom stereocenters. The second-order valence-electron chi connectivity index (χ2n) is 7.62. The highest BCUT2D eigenvalue weighted by Crippen LogP contribution is 2.43. The maximum absolute atomic E-state index is 14.5. The fraction of sp³-hybridized carbons (Fsp3) is 0.333. The Labute approximate surface area is 157 Å². The van der Waals surface area contributed by atoms with Gasteiger partial charge in [-0.05, 0) is 62.1 Å². The van der Waals surface area contributed by atoms with Crippen molar-refractivity contribution in [3.8, 4) is 0 Å². The zero-order valence-electron chi connectivity index (χ0n) is 15.9. The number of hydrazone groups is 1. The molecule has 0 radical (unpaired) electrons. The van der Waals surface area contributed by atoms with E-state index in [0.29, 0.717) is 5.56 Å². The number of rotatable bonds is 3. The van der Waals surface area contributed by atoms with E-state index in [0.717, 1.165) is 23.7 Å². The number of carbonyl (C=O) groups is 1. The summed E-state index contributed by atoms with van der Waals surface area (Å²) in [6.45, 7) is 6.40. The van der Waals surface area contributed by atoms with E-state index < -0.39 is 17.5 Å². The Morgan fingerprint density at radius 3 is 2.74 bits per heavy atom. The van der Waals surface area contributed by atoms with Crippen LogP contribution >= 0.6 is 0 Å². The summed E-state index contributed by atoms with van der Waals surface area (Å²) in [4.78, 5) is 14.1. The van der Waals surface area contributed by atoms with E-state index in [1.807, 2.05) is 7.05 Å². The molecule has 1 N–H and O–H groups in total. The van der Waals surface area contributed by atoms with E-state index >= 15 is 0 Å². The Balaban J connectivity index is 1.81. The Bertz CT molecular complexity index is 908. The zero-order chi connectivity index (χ0) is 19.8. The first kappa shape index (κ1) is 19.0. The summed E-state index contributed by atoms with van der Waals surface area (Å²) >= 11 is 0. The quantitative estimate of drug-likeness (QED) is 0.640. The molecule has 1 heterocycles. The SMILES string of the molecule is CC1CC(C)(C)N(C)c2cc(F)c(/C=N\NC(=O)c3cccc(F)c3)cc21. The number of nitrogens with one attached hydrogen (secondary N) is 1. The minimum Gasteiger partial charge on any atom is -0.369 e. The molecule has 4 nitrogen and oxygen atoms in total. The van der Waals surface area contributed by atoms with E-state index in [9.17, 15) is 13.6 Å². The molecule has 1 atom stereocenters. The summed E-state index contributed by atoms with van der Waals surface area (Å²) in [5, 5.41) is 3.83. The molecule has 3 rings (SSSR count). The van der Waals surface area contributed by atoms with Gasteiger partial charge in [-0.15, -0.1) is 0 Å². The molecular weight excluding hydrogens is 348 g/mol. The molecule has 2 aromatic rings. The van der Waals surface area contributed by atoms with Crippen molar-refractivity contribution < 1.29 is 13.6 Å². The first-order valence-electron chi connectivity index (χ1n) is 8.85. The maximum Gasteiger partial charge on any atom is 0.271 e. The zero-order valence-corrected chi connectivity index (χ0v) is 15.9. The lowest BCUT2D eigenvalue weighted by atomic mass is 9.80. The van der Waals surface area contributed by atoms with Crippen LogP contribution in [-0.2, 0) is 0 Å². The first-order valence-corrected chi connectivity index (χ1v) is 8.85. The monoisotopic (exact) mass is 371 g/mol. The van der Waals surface area contributed by atoms with Gasteiger partial charge in [-0.3, -0.25) is 4.79 Å². The first-order chi connectivity index (χ1) is 12.7. The Morgan fingerprint density at radius 2 is 2.04 bits per heavy atom.